The van der Waals surface area contributed by atoms with E-state index in [1.807, 2.05) is 34.7 Å². The first kappa shape index (κ1) is 16.2. The van der Waals surface area contributed by atoms with Crippen LogP contribution in [0.15, 0.2) is 0 Å². The Morgan fingerprint density at radius 3 is 2.47 bits per heavy atom. The summed E-state index contributed by atoms with van der Waals surface area (Å²) in [4.78, 5) is 12.4. The number of rotatable bonds is 7. The summed E-state index contributed by atoms with van der Waals surface area (Å²) < 4.78 is 7.30. The van der Waals surface area contributed by atoms with Gasteiger partial charge in [-0.3, -0.25) is 9.48 Å². The second kappa shape index (κ2) is 6.53. The lowest BCUT2D eigenvalue weighted by atomic mass is 9.94. The molecule has 0 saturated carbocycles. The molecule has 108 valence electrons. The summed E-state index contributed by atoms with van der Waals surface area (Å²) in [5, 5.41) is 4.93. The molecule has 0 amide bonds. The average molecular weight is 287 g/mol. The third-order valence-electron chi connectivity index (χ3n) is 3.56. The first-order chi connectivity index (χ1) is 8.89. The third-order valence-corrected chi connectivity index (χ3v) is 3.99. The average Bonchev–Trinajstić information content (AvgIpc) is 2.66. The maximum atomic E-state index is 12.4. The van der Waals surface area contributed by atoms with Crippen molar-refractivity contribution in [2.45, 2.75) is 52.6 Å². The zero-order valence-corrected chi connectivity index (χ0v) is 13.2. The topological polar surface area (TPSA) is 44.1 Å². The monoisotopic (exact) mass is 286 g/mol. The quantitative estimate of drug-likeness (QED) is 0.774. The number of hydrogen-bond acceptors (Lipinski definition) is 3. The van der Waals surface area contributed by atoms with Gasteiger partial charge < -0.3 is 4.74 Å². The van der Waals surface area contributed by atoms with Gasteiger partial charge >= 0.3 is 0 Å². The molecule has 0 aromatic carbocycles. The van der Waals surface area contributed by atoms with Crippen molar-refractivity contribution in [1.29, 1.82) is 0 Å². The zero-order chi connectivity index (χ0) is 14.6. The summed E-state index contributed by atoms with van der Waals surface area (Å²) in [5.41, 5.74) is 0.860. The van der Waals surface area contributed by atoms with Crippen LogP contribution in [0.3, 0.4) is 0 Å². The van der Waals surface area contributed by atoms with E-state index in [1.54, 1.807) is 4.68 Å². The normalized spacial score (nSPS) is 14.4. The van der Waals surface area contributed by atoms with Crippen LogP contribution in [0.4, 0.5) is 0 Å². The lowest BCUT2D eigenvalue weighted by molar-refractivity contribution is -0.141. The van der Waals surface area contributed by atoms with Crippen molar-refractivity contribution in [2.75, 3.05) is 6.61 Å². The van der Waals surface area contributed by atoms with Crippen LogP contribution in [0, 0.1) is 0 Å². The summed E-state index contributed by atoms with van der Waals surface area (Å²) >= 11 is 6.27. The number of ether oxygens (including phenoxy) is 1. The fraction of sp³-hybridized carbons (Fsp3) is 0.714. The van der Waals surface area contributed by atoms with Gasteiger partial charge in [0, 0.05) is 13.7 Å². The van der Waals surface area contributed by atoms with Crippen LogP contribution in [-0.2, 0) is 29.4 Å². The molecule has 1 aromatic heterocycles. The molecule has 0 fully saturated rings. The van der Waals surface area contributed by atoms with Gasteiger partial charge in [0.2, 0.25) is 0 Å². The van der Waals surface area contributed by atoms with E-state index < -0.39 is 5.60 Å². The van der Waals surface area contributed by atoms with Crippen molar-refractivity contribution in [1.82, 2.24) is 9.78 Å². The predicted octanol–water partition coefficient (Wildman–Crippen LogP) is 2.95. The Morgan fingerprint density at radius 1 is 1.42 bits per heavy atom. The van der Waals surface area contributed by atoms with Gasteiger partial charge in [-0.2, -0.15) is 5.10 Å². The summed E-state index contributed by atoms with van der Waals surface area (Å²) in [6.07, 6.45) is 1.67. The van der Waals surface area contributed by atoms with Crippen LogP contribution in [0.1, 0.15) is 45.5 Å². The minimum atomic E-state index is -0.741. The van der Waals surface area contributed by atoms with Gasteiger partial charge in [-0.1, -0.05) is 25.4 Å². The minimum Gasteiger partial charge on any atom is -0.368 e. The van der Waals surface area contributed by atoms with Gasteiger partial charge in [0.25, 0.3) is 0 Å². The van der Waals surface area contributed by atoms with Gasteiger partial charge in [0.05, 0.1) is 22.8 Å². The fourth-order valence-corrected chi connectivity index (χ4v) is 2.41. The fourth-order valence-electron chi connectivity index (χ4n) is 2.05. The Morgan fingerprint density at radius 2 is 2.05 bits per heavy atom. The summed E-state index contributed by atoms with van der Waals surface area (Å²) in [6.45, 7) is 8.21. The smallest absolute Gasteiger partial charge is 0.170 e. The Balaban J connectivity index is 2.96. The van der Waals surface area contributed by atoms with Gasteiger partial charge in [-0.05, 0) is 26.7 Å². The molecule has 0 N–H and O–H groups in total. The molecular formula is C14H23ClN2O2. The molecule has 1 atom stereocenters. The lowest BCUT2D eigenvalue weighted by Gasteiger charge is -2.26. The highest BCUT2D eigenvalue weighted by Gasteiger charge is 2.32. The van der Waals surface area contributed by atoms with Crippen LogP contribution < -0.4 is 0 Å². The largest absolute Gasteiger partial charge is 0.368 e. The van der Waals surface area contributed by atoms with E-state index in [-0.39, 0.29) is 12.2 Å². The van der Waals surface area contributed by atoms with Gasteiger partial charge in [-0.15, -0.1) is 0 Å². The molecule has 4 nitrogen and oxygen atoms in total. The Hall–Kier alpha value is -0.870. The molecule has 0 saturated heterocycles. The van der Waals surface area contributed by atoms with Gasteiger partial charge in [0.1, 0.15) is 5.60 Å². The van der Waals surface area contributed by atoms with Crippen LogP contribution in [0.5, 0.6) is 0 Å². The van der Waals surface area contributed by atoms with Gasteiger partial charge in [-0.25, -0.2) is 0 Å². The number of ketones is 1. The zero-order valence-electron chi connectivity index (χ0n) is 12.4. The second-order valence-electron chi connectivity index (χ2n) is 4.80. The maximum Gasteiger partial charge on any atom is 0.170 e. The second-order valence-corrected chi connectivity index (χ2v) is 5.18. The van der Waals surface area contributed by atoms with Crippen molar-refractivity contribution < 1.29 is 9.53 Å². The van der Waals surface area contributed by atoms with Crippen molar-refractivity contribution in [3.05, 3.63) is 16.4 Å². The lowest BCUT2D eigenvalue weighted by Crippen LogP contribution is -2.39. The molecule has 5 heteroatoms. The summed E-state index contributed by atoms with van der Waals surface area (Å²) in [5.74, 6) is 0.0457. The number of nitrogens with zero attached hydrogens (tertiary/aromatic N) is 2. The number of halogens is 1. The third kappa shape index (κ3) is 3.37. The standard InChI is InChI=1S/C14H23ClN2O2/c1-6-10-13(15)11(17(5)16-10)9-12(18)14(4,7-2)19-8-3/h6-9H2,1-5H3. The maximum absolute atomic E-state index is 12.4. The van der Waals surface area contributed by atoms with E-state index in [2.05, 4.69) is 5.10 Å². The SMILES string of the molecule is CCOC(C)(CC)C(=O)Cc1c(Cl)c(CC)nn1C. The predicted molar refractivity (Wildman–Crippen MR) is 76.6 cm³/mol. The first-order valence-electron chi connectivity index (χ1n) is 6.77. The van der Waals surface area contributed by atoms with E-state index in [9.17, 15) is 4.79 Å². The highest BCUT2D eigenvalue weighted by Crippen LogP contribution is 2.25. The van der Waals surface area contributed by atoms with E-state index in [0.29, 0.717) is 18.1 Å². The number of carbonyl (C=O) groups excluding carboxylic acids is 1. The van der Waals surface area contributed by atoms with E-state index >= 15 is 0 Å². The molecule has 0 aliphatic carbocycles. The van der Waals surface area contributed by atoms with Crippen LogP contribution in [-0.4, -0.2) is 27.8 Å². The molecule has 0 aliphatic heterocycles. The van der Waals surface area contributed by atoms with Crippen LogP contribution >= 0.6 is 11.6 Å². The van der Waals surface area contributed by atoms with Crippen molar-refractivity contribution in [3.63, 3.8) is 0 Å². The molecule has 0 radical (unpaired) electrons. The first-order valence-corrected chi connectivity index (χ1v) is 7.14. The van der Waals surface area contributed by atoms with Crippen LogP contribution in [0.2, 0.25) is 5.02 Å². The van der Waals surface area contributed by atoms with Gasteiger partial charge in [0.15, 0.2) is 5.78 Å². The summed E-state index contributed by atoms with van der Waals surface area (Å²) in [6, 6.07) is 0. The van der Waals surface area contributed by atoms with E-state index in [0.717, 1.165) is 17.8 Å². The van der Waals surface area contributed by atoms with E-state index in [1.165, 1.54) is 0 Å². The van der Waals surface area contributed by atoms with Crippen molar-refractivity contribution >= 4 is 17.4 Å². The number of aromatic nitrogens is 2. The number of carbonyl (C=O) groups is 1. The Bertz CT molecular complexity index is 457. The molecular weight excluding hydrogens is 264 g/mol. The van der Waals surface area contributed by atoms with Crippen LogP contribution in [0.25, 0.3) is 0 Å². The molecule has 19 heavy (non-hydrogen) atoms. The number of hydrogen-bond donors (Lipinski definition) is 0. The van der Waals surface area contributed by atoms with E-state index in [4.69, 9.17) is 16.3 Å². The minimum absolute atomic E-state index is 0.0457. The Kier molecular flexibility index (Phi) is 5.56. The van der Waals surface area contributed by atoms with Crippen molar-refractivity contribution in [3.8, 4) is 0 Å². The molecule has 1 rings (SSSR count). The molecule has 0 aliphatic rings. The molecule has 0 spiro atoms. The summed E-state index contributed by atoms with van der Waals surface area (Å²) in [7, 11) is 1.82. The highest BCUT2D eigenvalue weighted by atomic mass is 35.5. The van der Waals surface area contributed by atoms with Crippen molar-refractivity contribution in [2.24, 2.45) is 7.05 Å². The molecule has 1 aromatic rings. The number of aryl methyl sites for hydroxylation is 2. The number of Topliss-reactive ketones (excluding diaryl/α,β-unsaturated/α-hetero) is 1. The highest BCUT2D eigenvalue weighted by molar-refractivity contribution is 6.32. The molecule has 0 bridgehead atoms. The Labute approximate surface area is 120 Å². The molecule has 1 unspecified atom stereocenters. The molecule has 1 heterocycles.